The molecular weight excluding hydrogens is 689 g/mol. The van der Waals surface area contributed by atoms with Crippen LogP contribution < -0.4 is 0 Å². The Hall–Kier alpha value is -6.88. The summed E-state index contributed by atoms with van der Waals surface area (Å²) in [4.78, 5) is 21.9. The van der Waals surface area contributed by atoms with Crippen LogP contribution in [-0.2, 0) is 12.8 Å². The summed E-state index contributed by atoms with van der Waals surface area (Å²) in [5.74, 6) is 16.3. The van der Waals surface area contributed by atoms with Gasteiger partial charge < -0.3 is 8.83 Å². The van der Waals surface area contributed by atoms with Crippen molar-refractivity contribution in [1.29, 1.82) is 0 Å². The molecule has 0 saturated carbocycles. The van der Waals surface area contributed by atoms with Crippen LogP contribution >= 0.6 is 0 Å². The maximum Gasteiger partial charge on any atom is 0.150 e. The highest BCUT2D eigenvalue weighted by Crippen LogP contribution is 2.37. The number of unbranched alkanes of at least 4 members (excludes halogenated alkanes) is 2. The van der Waals surface area contributed by atoms with Gasteiger partial charge in [0.05, 0.1) is 0 Å². The number of rotatable bonds is 12. The monoisotopic (exact) mass is 730 g/mol. The van der Waals surface area contributed by atoms with Crippen LogP contribution in [-0.4, -0.2) is 12.6 Å². The standard InChI is InChI=1S/C52H42O4/c1-3-5-7-47-33-49(43-25-21-39(22-26-43)11-9-37-13-17-41(35-53)18-14-37)55-51(47)45-29-31-46(32-30-45)52-48(8-6-4-2)34-50(56-52)44-27-23-40(24-28-44)12-10-38-15-19-42(36-54)20-16-38/h13-36H,3-8H2,1-2H3. The van der Waals surface area contributed by atoms with Crippen LogP contribution in [0.4, 0.5) is 0 Å². The lowest BCUT2D eigenvalue weighted by Crippen LogP contribution is -1.87. The fourth-order valence-electron chi connectivity index (χ4n) is 6.52. The lowest BCUT2D eigenvalue weighted by atomic mass is 10.00. The topological polar surface area (TPSA) is 60.4 Å². The molecule has 7 aromatic rings. The molecule has 56 heavy (non-hydrogen) atoms. The maximum absolute atomic E-state index is 11.0. The van der Waals surface area contributed by atoms with Crippen molar-refractivity contribution >= 4 is 12.6 Å². The van der Waals surface area contributed by atoms with Gasteiger partial charge in [0.15, 0.2) is 0 Å². The van der Waals surface area contributed by atoms with Gasteiger partial charge in [0.25, 0.3) is 0 Å². The van der Waals surface area contributed by atoms with Crippen LogP contribution in [0.5, 0.6) is 0 Å². The second-order valence-corrected chi connectivity index (χ2v) is 13.8. The third-order valence-electron chi connectivity index (χ3n) is 9.76. The minimum atomic E-state index is 0.638. The van der Waals surface area contributed by atoms with E-state index < -0.39 is 0 Å². The Morgan fingerprint density at radius 1 is 0.429 bits per heavy atom. The van der Waals surface area contributed by atoms with Crippen LogP contribution in [0, 0.1) is 23.7 Å². The van der Waals surface area contributed by atoms with Gasteiger partial charge in [-0.2, -0.15) is 0 Å². The van der Waals surface area contributed by atoms with E-state index in [1.54, 1.807) is 24.3 Å². The molecule has 0 aliphatic heterocycles. The van der Waals surface area contributed by atoms with Gasteiger partial charge in [0.1, 0.15) is 35.6 Å². The number of hydrogen-bond acceptors (Lipinski definition) is 4. The van der Waals surface area contributed by atoms with Crippen LogP contribution in [0.2, 0.25) is 0 Å². The molecule has 4 heteroatoms. The first-order chi connectivity index (χ1) is 27.5. The summed E-state index contributed by atoms with van der Waals surface area (Å²) in [5.41, 5.74) is 11.3. The molecule has 0 N–H and O–H groups in total. The quantitative estimate of drug-likeness (QED) is 0.0927. The SMILES string of the molecule is CCCCc1cc(-c2ccc(C#Cc3ccc(C=O)cc3)cc2)oc1-c1ccc(-c2oc(-c3ccc(C#Cc4ccc(C=O)cc4)cc3)cc2CCCC)cc1. The van der Waals surface area contributed by atoms with Crippen molar-refractivity contribution in [1.82, 2.24) is 0 Å². The third kappa shape index (κ3) is 9.07. The van der Waals surface area contributed by atoms with Gasteiger partial charge in [-0.05, 0) is 97.5 Å². The van der Waals surface area contributed by atoms with Gasteiger partial charge in [-0.1, -0.05) is 123 Å². The van der Waals surface area contributed by atoms with E-state index >= 15 is 0 Å². The zero-order valence-corrected chi connectivity index (χ0v) is 31.7. The van der Waals surface area contributed by atoms with Crippen molar-refractivity contribution in [3.8, 4) is 69.0 Å². The predicted octanol–water partition coefficient (Wildman–Crippen LogP) is 12.7. The third-order valence-corrected chi connectivity index (χ3v) is 9.76. The first-order valence-electron chi connectivity index (χ1n) is 19.2. The second-order valence-electron chi connectivity index (χ2n) is 13.8. The molecule has 2 heterocycles. The van der Waals surface area contributed by atoms with Crippen molar-refractivity contribution in [3.63, 3.8) is 0 Å². The van der Waals surface area contributed by atoms with Gasteiger partial charge in [-0.25, -0.2) is 0 Å². The molecule has 274 valence electrons. The van der Waals surface area contributed by atoms with Crippen molar-refractivity contribution in [2.45, 2.75) is 52.4 Å². The normalized spacial score (nSPS) is 10.6. The molecule has 2 aromatic heterocycles. The Labute approximate surface area is 329 Å². The zero-order valence-electron chi connectivity index (χ0n) is 31.7. The van der Waals surface area contributed by atoms with E-state index in [2.05, 4.69) is 98.2 Å². The van der Waals surface area contributed by atoms with E-state index in [1.165, 1.54) is 11.1 Å². The van der Waals surface area contributed by atoms with Crippen molar-refractivity contribution < 1.29 is 18.4 Å². The highest BCUT2D eigenvalue weighted by Gasteiger charge is 2.18. The Kier molecular flexibility index (Phi) is 12.0. The number of aryl methyl sites for hydroxylation is 2. The number of hydrogen-bond donors (Lipinski definition) is 0. The zero-order chi connectivity index (χ0) is 38.7. The number of furan rings is 2. The van der Waals surface area contributed by atoms with Gasteiger partial charge in [-0.15, -0.1) is 0 Å². The van der Waals surface area contributed by atoms with E-state index in [0.29, 0.717) is 11.1 Å². The van der Waals surface area contributed by atoms with Gasteiger partial charge in [0.2, 0.25) is 0 Å². The summed E-state index contributed by atoms with van der Waals surface area (Å²) >= 11 is 0. The lowest BCUT2D eigenvalue weighted by molar-refractivity contribution is 0.111. The summed E-state index contributed by atoms with van der Waals surface area (Å²) in [5, 5.41) is 0. The molecule has 7 rings (SSSR count). The van der Waals surface area contributed by atoms with Gasteiger partial charge in [-0.3, -0.25) is 9.59 Å². The fraction of sp³-hybridized carbons (Fsp3) is 0.154. The van der Waals surface area contributed by atoms with Crippen LogP contribution in [0.3, 0.4) is 0 Å². The Balaban J connectivity index is 1.11. The van der Waals surface area contributed by atoms with E-state index in [4.69, 9.17) is 8.83 Å². The summed E-state index contributed by atoms with van der Waals surface area (Å²) in [6.45, 7) is 4.42. The number of aldehydes is 2. The van der Waals surface area contributed by atoms with Crippen LogP contribution in [0.25, 0.3) is 45.3 Å². The van der Waals surface area contributed by atoms with Gasteiger partial charge in [0, 0.05) is 55.6 Å². The van der Waals surface area contributed by atoms with Crippen molar-refractivity contribution in [2.75, 3.05) is 0 Å². The first-order valence-corrected chi connectivity index (χ1v) is 19.2. The van der Waals surface area contributed by atoms with E-state index in [9.17, 15) is 9.59 Å². The Bertz CT molecular complexity index is 2360. The average Bonchev–Trinajstić information content (AvgIpc) is 3.89. The summed E-state index contributed by atoms with van der Waals surface area (Å²) < 4.78 is 13.2. The maximum atomic E-state index is 11.0. The second kappa shape index (κ2) is 18.0. The first kappa shape index (κ1) is 37.4. The molecule has 0 bridgehead atoms. The van der Waals surface area contributed by atoms with Crippen LogP contribution in [0.15, 0.2) is 142 Å². The molecule has 0 amide bonds. The molecule has 0 fully saturated rings. The lowest BCUT2D eigenvalue weighted by Gasteiger charge is -2.06. The van der Waals surface area contributed by atoms with E-state index in [0.717, 1.165) is 119 Å². The minimum absolute atomic E-state index is 0.638. The smallest absolute Gasteiger partial charge is 0.150 e. The Morgan fingerprint density at radius 2 is 0.732 bits per heavy atom. The summed E-state index contributed by atoms with van der Waals surface area (Å²) in [7, 11) is 0. The highest BCUT2D eigenvalue weighted by molar-refractivity contribution is 5.76. The molecule has 0 aliphatic carbocycles. The number of benzene rings is 5. The average molecular weight is 731 g/mol. The molecule has 0 aliphatic rings. The van der Waals surface area contributed by atoms with E-state index in [-0.39, 0.29) is 0 Å². The Morgan fingerprint density at radius 3 is 1.04 bits per heavy atom. The molecule has 0 atom stereocenters. The highest BCUT2D eigenvalue weighted by atomic mass is 16.3. The molecule has 0 saturated heterocycles. The molecule has 0 radical (unpaired) electrons. The summed E-state index contributed by atoms with van der Waals surface area (Å²) in [6.07, 6.45) is 7.88. The van der Waals surface area contributed by atoms with Crippen LogP contribution in [0.1, 0.15) is 93.6 Å². The fourth-order valence-corrected chi connectivity index (χ4v) is 6.52. The van der Waals surface area contributed by atoms with Crippen molar-refractivity contribution in [2.24, 2.45) is 0 Å². The number of carbonyl (C=O) groups excluding carboxylic acids is 2. The molecule has 5 aromatic carbocycles. The summed E-state index contributed by atoms with van der Waals surface area (Å²) in [6, 6.07) is 43.7. The molecule has 0 spiro atoms. The van der Waals surface area contributed by atoms with E-state index in [1.807, 2.05) is 48.5 Å². The largest absolute Gasteiger partial charge is 0.456 e. The van der Waals surface area contributed by atoms with Gasteiger partial charge >= 0.3 is 0 Å². The molecular formula is C52H42O4. The number of carbonyl (C=O) groups is 2. The minimum Gasteiger partial charge on any atom is -0.456 e. The predicted molar refractivity (Wildman–Crippen MR) is 226 cm³/mol. The molecule has 4 nitrogen and oxygen atoms in total. The van der Waals surface area contributed by atoms with Crippen molar-refractivity contribution in [3.05, 3.63) is 178 Å². The molecule has 0 unspecified atom stereocenters.